The third-order valence-corrected chi connectivity index (χ3v) is 3.31. The molecule has 22 heavy (non-hydrogen) atoms. The minimum atomic E-state index is -0.652. The molecule has 0 unspecified atom stereocenters. The van der Waals surface area contributed by atoms with E-state index in [1.807, 2.05) is 46.3 Å². The number of nitrogens with zero attached hydrogens (tertiary/aromatic N) is 1. The van der Waals surface area contributed by atoms with Gasteiger partial charge >= 0.3 is 6.16 Å². The van der Waals surface area contributed by atoms with Crippen molar-refractivity contribution in [1.29, 1.82) is 0 Å². The highest BCUT2D eigenvalue weighted by atomic mass is 16.7. The van der Waals surface area contributed by atoms with Crippen LogP contribution < -0.4 is 4.74 Å². The summed E-state index contributed by atoms with van der Waals surface area (Å²) >= 11 is 0. The lowest BCUT2D eigenvalue weighted by molar-refractivity contribution is 0.0890. The lowest BCUT2D eigenvalue weighted by Crippen LogP contribution is -2.15. The monoisotopic (exact) mass is 304 g/mol. The summed E-state index contributed by atoms with van der Waals surface area (Å²) in [4.78, 5) is 17.1. The number of carbonyl (C=O) groups is 1. The molecule has 0 radical (unpaired) electrons. The van der Waals surface area contributed by atoms with E-state index in [0.717, 1.165) is 29.4 Å². The molecular formula is C17H24N2O3. The number of likely N-dealkylation sites (N-methyl/N-ethyl adjacent to an activating group) is 1. The summed E-state index contributed by atoms with van der Waals surface area (Å²) in [6, 6.07) is 5.63. The Bertz CT molecular complexity index is 632. The van der Waals surface area contributed by atoms with E-state index in [-0.39, 0.29) is 5.92 Å². The second-order valence-corrected chi connectivity index (χ2v) is 6.10. The average molecular weight is 304 g/mol. The first-order chi connectivity index (χ1) is 10.5. The number of rotatable bonds is 6. The molecule has 1 aromatic heterocycles. The molecule has 0 aliphatic rings. The number of aromatic nitrogens is 1. The highest BCUT2D eigenvalue weighted by Crippen LogP contribution is 2.29. The summed E-state index contributed by atoms with van der Waals surface area (Å²) in [7, 11) is 4.07. The summed E-state index contributed by atoms with van der Waals surface area (Å²) < 4.78 is 10.5. The maximum atomic E-state index is 11.8. The van der Waals surface area contributed by atoms with Crippen molar-refractivity contribution < 1.29 is 14.3 Å². The van der Waals surface area contributed by atoms with Crippen LogP contribution in [0.25, 0.3) is 10.9 Å². The van der Waals surface area contributed by atoms with Crippen LogP contribution in [0.15, 0.2) is 24.4 Å². The molecule has 0 aliphatic heterocycles. The standard InChI is InChI=1S/C17H24N2O3/c1-12(2)11-21-17(20)22-15-7-5-6-14-16(15)13(10-18-14)8-9-19(3)4/h5-7,10,12,18H,8-9,11H2,1-4H3. The van der Waals surface area contributed by atoms with E-state index in [9.17, 15) is 4.79 Å². The van der Waals surface area contributed by atoms with Crippen molar-refractivity contribution in [3.63, 3.8) is 0 Å². The van der Waals surface area contributed by atoms with Gasteiger partial charge in [-0.25, -0.2) is 4.79 Å². The van der Waals surface area contributed by atoms with Gasteiger partial charge in [-0.3, -0.25) is 0 Å². The van der Waals surface area contributed by atoms with Gasteiger partial charge in [-0.05, 0) is 44.1 Å². The van der Waals surface area contributed by atoms with Gasteiger partial charge in [-0.15, -0.1) is 0 Å². The highest BCUT2D eigenvalue weighted by Gasteiger charge is 2.14. The molecule has 0 saturated carbocycles. The normalized spacial score (nSPS) is 11.4. The topological polar surface area (TPSA) is 54.6 Å². The first-order valence-corrected chi connectivity index (χ1v) is 7.55. The maximum Gasteiger partial charge on any atom is 0.513 e. The van der Waals surface area contributed by atoms with Crippen molar-refractivity contribution in [2.45, 2.75) is 20.3 Å². The summed E-state index contributed by atoms with van der Waals surface area (Å²) in [5, 5.41) is 0.950. The van der Waals surface area contributed by atoms with Crippen molar-refractivity contribution in [2.24, 2.45) is 5.92 Å². The van der Waals surface area contributed by atoms with Crippen LogP contribution in [-0.4, -0.2) is 43.3 Å². The first kappa shape index (κ1) is 16.4. The predicted molar refractivity (Wildman–Crippen MR) is 87.4 cm³/mol. The Labute approximate surface area is 131 Å². The Kier molecular flexibility index (Phi) is 5.44. The van der Waals surface area contributed by atoms with Crippen LogP contribution in [0.1, 0.15) is 19.4 Å². The Balaban J connectivity index is 2.18. The Morgan fingerprint density at radius 1 is 1.32 bits per heavy atom. The number of benzene rings is 1. The third-order valence-electron chi connectivity index (χ3n) is 3.31. The second-order valence-electron chi connectivity index (χ2n) is 6.10. The predicted octanol–water partition coefficient (Wildman–Crippen LogP) is 3.44. The number of aromatic amines is 1. The minimum absolute atomic E-state index is 0.284. The molecule has 0 fully saturated rings. The molecule has 0 amide bonds. The summed E-state index contributed by atoms with van der Waals surface area (Å²) in [5.41, 5.74) is 2.10. The lowest BCUT2D eigenvalue weighted by Gasteiger charge is -2.11. The van der Waals surface area contributed by atoms with Crippen LogP contribution >= 0.6 is 0 Å². The number of H-pyrrole nitrogens is 1. The molecule has 0 atom stereocenters. The van der Waals surface area contributed by atoms with Crippen LogP contribution in [0.4, 0.5) is 4.79 Å². The summed E-state index contributed by atoms with van der Waals surface area (Å²) in [6.07, 6.45) is 2.20. The molecule has 1 aromatic carbocycles. The van der Waals surface area contributed by atoms with E-state index < -0.39 is 6.16 Å². The fourth-order valence-corrected chi connectivity index (χ4v) is 2.20. The zero-order chi connectivity index (χ0) is 16.1. The van der Waals surface area contributed by atoms with Gasteiger partial charge in [0.2, 0.25) is 0 Å². The van der Waals surface area contributed by atoms with Crippen LogP contribution in [0.3, 0.4) is 0 Å². The summed E-state index contributed by atoms with van der Waals surface area (Å²) in [5.74, 6) is 0.826. The van der Waals surface area contributed by atoms with Crippen molar-refractivity contribution in [1.82, 2.24) is 9.88 Å². The average Bonchev–Trinajstić information content (AvgIpc) is 2.87. The van der Waals surface area contributed by atoms with Crippen LogP contribution in [0, 0.1) is 5.92 Å². The number of nitrogens with one attached hydrogen (secondary N) is 1. The van der Waals surface area contributed by atoms with Gasteiger partial charge in [-0.1, -0.05) is 19.9 Å². The van der Waals surface area contributed by atoms with E-state index in [1.165, 1.54) is 0 Å². The highest BCUT2D eigenvalue weighted by molar-refractivity contribution is 5.90. The molecule has 5 nitrogen and oxygen atoms in total. The van der Waals surface area contributed by atoms with Gasteiger partial charge in [0.15, 0.2) is 0 Å². The number of fused-ring (bicyclic) bond motifs is 1. The van der Waals surface area contributed by atoms with E-state index >= 15 is 0 Å². The zero-order valence-electron chi connectivity index (χ0n) is 13.7. The van der Waals surface area contributed by atoms with E-state index in [0.29, 0.717) is 12.4 Å². The number of carbonyl (C=O) groups excluding carboxylic acids is 1. The molecular weight excluding hydrogens is 280 g/mol. The first-order valence-electron chi connectivity index (χ1n) is 7.55. The van der Waals surface area contributed by atoms with Gasteiger partial charge in [0.25, 0.3) is 0 Å². The van der Waals surface area contributed by atoms with Crippen LogP contribution in [0.2, 0.25) is 0 Å². The van der Waals surface area contributed by atoms with Gasteiger partial charge in [0.05, 0.1) is 6.61 Å². The molecule has 1 N–H and O–H groups in total. The molecule has 2 aromatic rings. The van der Waals surface area contributed by atoms with Gasteiger partial charge in [-0.2, -0.15) is 0 Å². The second kappa shape index (κ2) is 7.31. The summed E-state index contributed by atoms with van der Waals surface area (Å²) in [6.45, 7) is 5.26. The zero-order valence-corrected chi connectivity index (χ0v) is 13.7. The van der Waals surface area contributed by atoms with E-state index in [4.69, 9.17) is 9.47 Å². The largest absolute Gasteiger partial charge is 0.513 e. The van der Waals surface area contributed by atoms with Gasteiger partial charge in [0, 0.05) is 23.6 Å². The molecule has 2 rings (SSSR count). The third kappa shape index (κ3) is 4.24. The maximum absolute atomic E-state index is 11.8. The van der Waals surface area contributed by atoms with Gasteiger partial charge in [0.1, 0.15) is 5.75 Å². The molecule has 0 bridgehead atoms. The van der Waals surface area contributed by atoms with Gasteiger partial charge < -0.3 is 19.4 Å². The fourth-order valence-electron chi connectivity index (χ4n) is 2.20. The smallest absolute Gasteiger partial charge is 0.434 e. The van der Waals surface area contributed by atoms with E-state index in [1.54, 1.807) is 6.07 Å². The van der Waals surface area contributed by atoms with Crippen LogP contribution in [0.5, 0.6) is 5.75 Å². The number of hydrogen-bond donors (Lipinski definition) is 1. The number of hydrogen-bond acceptors (Lipinski definition) is 4. The quantitative estimate of drug-likeness (QED) is 0.656. The molecule has 0 spiro atoms. The molecule has 1 heterocycles. The minimum Gasteiger partial charge on any atom is -0.434 e. The van der Waals surface area contributed by atoms with Crippen LogP contribution in [-0.2, 0) is 11.2 Å². The Hall–Kier alpha value is -2.01. The number of ether oxygens (including phenoxy) is 2. The molecule has 5 heteroatoms. The Morgan fingerprint density at radius 2 is 2.09 bits per heavy atom. The van der Waals surface area contributed by atoms with E-state index in [2.05, 4.69) is 9.88 Å². The molecule has 120 valence electrons. The Morgan fingerprint density at radius 3 is 2.77 bits per heavy atom. The SMILES string of the molecule is CC(C)COC(=O)Oc1cccc2[nH]cc(CCN(C)C)c12. The van der Waals surface area contributed by atoms with Crippen molar-refractivity contribution in [3.05, 3.63) is 30.0 Å². The van der Waals surface area contributed by atoms with Crippen molar-refractivity contribution in [3.8, 4) is 5.75 Å². The van der Waals surface area contributed by atoms with Crippen molar-refractivity contribution >= 4 is 17.1 Å². The fraction of sp³-hybridized carbons (Fsp3) is 0.471. The molecule has 0 aliphatic carbocycles. The molecule has 0 saturated heterocycles. The van der Waals surface area contributed by atoms with Crippen molar-refractivity contribution in [2.75, 3.05) is 27.2 Å². The lowest BCUT2D eigenvalue weighted by atomic mass is 10.1.